The van der Waals surface area contributed by atoms with Crippen LogP contribution in [0.4, 0.5) is 5.69 Å². The van der Waals surface area contributed by atoms with Crippen molar-refractivity contribution in [3.05, 3.63) is 41.7 Å². The number of halogens is 2. The van der Waals surface area contributed by atoms with Gasteiger partial charge in [-0.15, -0.1) is 23.2 Å². The van der Waals surface area contributed by atoms with Crippen LogP contribution < -0.4 is 5.32 Å². The van der Waals surface area contributed by atoms with Crippen LogP contribution in [0, 0.1) is 19.3 Å². The summed E-state index contributed by atoms with van der Waals surface area (Å²) < 4.78 is 0.836. The van der Waals surface area contributed by atoms with E-state index >= 15 is 0 Å². The minimum atomic E-state index is -0.978. The quantitative estimate of drug-likeness (QED) is 0.860. The number of carbonyl (C=O) groups is 1. The van der Waals surface area contributed by atoms with E-state index in [1.54, 1.807) is 6.92 Å². The Hall–Kier alpha value is -1.52. The van der Waals surface area contributed by atoms with Gasteiger partial charge in [0.2, 0.25) is 5.91 Å². The van der Waals surface area contributed by atoms with Crippen molar-refractivity contribution in [2.75, 3.05) is 5.32 Å². The lowest BCUT2D eigenvalue weighted by atomic mass is 10.1. The van der Waals surface area contributed by atoms with E-state index in [4.69, 9.17) is 23.2 Å². The van der Waals surface area contributed by atoms with E-state index in [1.165, 1.54) is 0 Å². The lowest BCUT2D eigenvalue weighted by Gasteiger charge is -2.13. The van der Waals surface area contributed by atoms with Crippen molar-refractivity contribution in [1.82, 2.24) is 9.78 Å². The van der Waals surface area contributed by atoms with Gasteiger partial charge in [0, 0.05) is 0 Å². The van der Waals surface area contributed by atoms with Gasteiger partial charge in [0.1, 0.15) is 4.33 Å². The van der Waals surface area contributed by atoms with Crippen LogP contribution >= 0.6 is 23.2 Å². The standard InChI is InChI=1S/C16H17Cl2N3O/c1-10-13(19-14(22)15(3)9-16(15,17)18)11(2)21(20-10)12-7-5-4-6-8-12/h4-8H,9H2,1-3H3,(H,19,22). The molecular weight excluding hydrogens is 321 g/mol. The zero-order valence-electron chi connectivity index (χ0n) is 12.7. The molecule has 22 heavy (non-hydrogen) atoms. The van der Waals surface area contributed by atoms with Crippen molar-refractivity contribution in [2.24, 2.45) is 5.41 Å². The van der Waals surface area contributed by atoms with Crippen molar-refractivity contribution in [3.8, 4) is 5.69 Å². The normalized spacial score (nSPS) is 22.4. The molecule has 1 aliphatic rings. The number of hydrogen-bond acceptors (Lipinski definition) is 2. The molecule has 0 aliphatic heterocycles. The summed E-state index contributed by atoms with van der Waals surface area (Å²) in [6, 6.07) is 9.78. The summed E-state index contributed by atoms with van der Waals surface area (Å²) in [5, 5.41) is 7.44. The first-order valence-corrected chi connectivity index (χ1v) is 7.83. The fraction of sp³-hybridized carbons (Fsp3) is 0.375. The molecule has 1 amide bonds. The molecule has 4 nitrogen and oxygen atoms in total. The van der Waals surface area contributed by atoms with E-state index in [1.807, 2.05) is 48.9 Å². The number of aromatic nitrogens is 2. The van der Waals surface area contributed by atoms with E-state index in [-0.39, 0.29) is 5.91 Å². The molecule has 1 saturated carbocycles. The molecule has 1 fully saturated rings. The van der Waals surface area contributed by atoms with Gasteiger partial charge < -0.3 is 5.32 Å². The summed E-state index contributed by atoms with van der Waals surface area (Å²) in [4.78, 5) is 12.4. The number of aryl methyl sites for hydroxylation is 1. The smallest absolute Gasteiger partial charge is 0.233 e. The second kappa shape index (κ2) is 5.00. The molecule has 1 N–H and O–H groups in total. The summed E-state index contributed by atoms with van der Waals surface area (Å²) in [5.74, 6) is -0.170. The molecule has 0 saturated heterocycles. The van der Waals surface area contributed by atoms with Gasteiger partial charge in [-0.3, -0.25) is 4.79 Å². The average Bonchev–Trinajstić information content (AvgIpc) is 2.88. The number of amides is 1. The van der Waals surface area contributed by atoms with Crippen LogP contribution in [0.5, 0.6) is 0 Å². The summed E-state index contributed by atoms with van der Waals surface area (Å²) in [5.41, 5.74) is 2.55. The Balaban J connectivity index is 1.90. The fourth-order valence-corrected chi connectivity index (χ4v) is 3.25. The molecule has 0 spiro atoms. The highest BCUT2D eigenvalue weighted by Crippen LogP contribution is 2.64. The van der Waals surface area contributed by atoms with Gasteiger partial charge in [-0.25, -0.2) is 4.68 Å². The highest BCUT2D eigenvalue weighted by molar-refractivity contribution is 6.53. The maximum absolute atomic E-state index is 12.4. The van der Waals surface area contributed by atoms with E-state index in [9.17, 15) is 4.79 Å². The molecule has 1 aromatic heterocycles. The van der Waals surface area contributed by atoms with Gasteiger partial charge in [-0.05, 0) is 39.3 Å². The number of rotatable bonds is 3. The third kappa shape index (κ3) is 2.31. The Morgan fingerprint density at radius 2 is 1.86 bits per heavy atom. The molecule has 1 aromatic carbocycles. The number of para-hydroxylation sites is 1. The zero-order chi connectivity index (χ0) is 16.1. The van der Waals surface area contributed by atoms with E-state index < -0.39 is 9.75 Å². The number of anilines is 1. The van der Waals surface area contributed by atoms with E-state index in [2.05, 4.69) is 10.4 Å². The molecular formula is C16H17Cl2N3O. The molecule has 1 heterocycles. The van der Waals surface area contributed by atoms with E-state index in [0.717, 1.165) is 17.1 Å². The fourth-order valence-electron chi connectivity index (χ4n) is 2.54. The zero-order valence-corrected chi connectivity index (χ0v) is 14.2. The molecule has 3 rings (SSSR count). The molecule has 2 aromatic rings. The number of carbonyl (C=O) groups excluding carboxylic acids is 1. The van der Waals surface area contributed by atoms with E-state index in [0.29, 0.717) is 12.1 Å². The largest absolute Gasteiger partial charge is 0.322 e. The number of nitrogens with zero attached hydrogens (tertiary/aromatic N) is 2. The van der Waals surface area contributed by atoms with Gasteiger partial charge in [0.15, 0.2) is 0 Å². The molecule has 1 unspecified atom stereocenters. The van der Waals surface area contributed by atoms with Crippen molar-refractivity contribution in [1.29, 1.82) is 0 Å². The Morgan fingerprint density at radius 3 is 2.41 bits per heavy atom. The Labute approximate surface area is 139 Å². The predicted molar refractivity (Wildman–Crippen MR) is 88.8 cm³/mol. The summed E-state index contributed by atoms with van der Waals surface area (Å²) >= 11 is 12.1. The van der Waals surface area contributed by atoms with Crippen LogP contribution in [0.3, 0.4) is 0 Å². The van der Waals surface area contributed by atoms with Gasteiger partial charge in [0.05, 0.1) is 28.2 Å². The Bertz CT molecular complexity index is 739. The highest BCUT2D eigenvalue weighted by atomic mass is 35.5. The molecule has 0 bridgehead atoms. The van der Waals surface area contributed by atoms with Gasteiger partial charge in [-0.1, -0.05) is 18.2 Å². The minimum Gasteiger partial charge on any atom is -0.322 e. The van der Waals surface area contributed by atoms with Crippen LogP contribution in [0.15, 0.2) is 30.3 Å². The first-order chi connectivity index (χ1) is 10.3. The van der Waals surface area contributed by atoms with Crippen LogP contribution in [0.1, 0.15) is 24.7 Å². The minimum absolute atomic E-state index is 0.170. The molecule has 6 heteroatoms. The summed E-state index contributed by atoms with van der Waals surface area (Å²) in [7, 11) is 0. The lowest BCUT2D eigenvalue weighted by Crippen LogP contribution is -2.26. The summed E-state index contributed by atoms with van der Waals surface area (Å²) in [6.07, 6.45) is 0.458. The topological polar surface area (TPSA) is 46.9 Å². The Kier molecular flexibility index (Phi) is 3.49. The van der Waals surface area contributed by atoms with Gasteiger partial charge >= 0.3 is 0 Å². The molecule has 1 atom stereocenters. The summed E-state index contributed by atoms with van der Waals surface area (Å²) in [6.45, 7) is 5.56. The second-order valence-electron chi connectivity index (χ2n) is 5.96. The molecule has 0 radical (unpaired) electrons. The average molecular weight is 338 g/mol. The number of alkyl halides is 2. The van der Waals surface area contributed by atoms with Crippen molar-refractivity contribution in [2.45, 2.75) is 31.5 Å². The van der Waals surface area contributed by atoms with Crippen LogP contribution in [-0.4, -0.2) is 20.0 Å². The van der Waals surface area contributed by atoms with Crippen molar-refractivity contribution in [3.63, 3.8) is 0 Å². The number of hydrogen-bond donors (Lipinski definition) is 1. The molecule has 1 aliphatic carbocycles. The second-order valence-corrected chi connectivity index (χ2v) is 7.44. The van der Waals surface area contributed by atoms with Crippen LogP contribution in [0.25, 0.3) is 5.69 Å². The van der Waals surface area contributed by atoms with Gasteiger partial charge in [-0.2, -0.15) is 5.10 Å². The maximum Gasteiger partial charge on any atom is 0.233 e. The monoisotopic (exact) mass is 337 g/mol. The Morgan fingerprint density at radius 1 is 1.27 bits per heavy atom. The highest BCUT2D eigenvalue weighted by Gasteiger charge is 2.68. The van der Waals surface area contributed by atoms with Crippen molar-refractivity contribution < 1.29 is 4.79 Å². The SMILES string of the molecule is Cc1nn(-c2ccccc2)c(C)c1NC(=O)C1(C)CC1(Cl)Cl. The number of nitrogens with one attached hydrogen (secondary N) is 1. The first-order valence-electron chi connectivity index (χ1n) is 7.07. The van der Waals surface area contributed by atoms with Crippen LogP contribution in [-0.2, 0) is 4.79 Å². The van der Waals surface area contributed by atoms with Gasteiger partial charge in [0.25, 0.3) is 0 Å². The first kappa shape index (κ1) is 15.4. The third-order valence-electron chi connectivity index (χ3n) is 4.29. The maximum atomic E-state index is 12.4. The van der Waals surface area contributed by atoms with Crippen molar-refractivity contribution >= 4 is 34.8 Å². The lowest BCUT2D eigenvalue weighted by molar-refractivity contribution is -0.120. The third-order valence-corrected chi connectivity index (χ3v) is 5.39. The molecule has 116 valence electrons. The number of benzene rings is 1. The van der Waals surface area contributed by atoms with Crippen LogP contribution in [0.2, 0.25) is 0 Å². The predicted octanol–water partition coefficient (Wildman–Crippen LogP) is 4.01.